The van der Waals surface area contributed by atoms with Crippen LogP contribution in [0.3, 0.4) is 0 Å². The lowest BCUT2D eigenvalue weighted by Gasteiger charge is -2.28. The van der Waals surface area contributed by atoms with E-state index in [9.17, 15) is 14.4 Å². The molecule has 1 fully saturated rings. The molecule has 0 saturated carbocycles. The second-order valence-electron chi connectivity index (χ2n) is 6.43. The van der Waals surface area contributed by atoms with Crippen molar-refractivity contribution < 1.29 is 23.9 Å². The van der Waals surface area contributed by atoms with E-state index in [-0.39, 0.29) is 17.2 Å². The van der Waals surface area contributed by atoms with E-state index < -0.39 is 11.9 Å². The molecule has 2 amide bonds. The van der Waals surface area contributed by atoms with Crippen LogP contribution in [-0.2, 0) is 9.59 Å². The van der Waals surface area contributed by atoms with Gasteiger partial charge in [-0.1, -0.05) is 12.1 Å². The Kier molecular flexibility index (Phi) is 5.93. The van der Waals surface area contributed by atoms with Gasteiger partial charge in [-0.15, -0.1) is 0 Å². The summed E-state index contributed by atoms with van der Waals surface area (Å²) >= 11 is 0. The number of carbonyl (C=O) groups is 3. The van der Waals surface area contributed by atoms with Gasteiger partial charge in [-0.05, 0) is 43.2 Å². The molecule has 7 heteroatoms. The zero-order valence-electron chi connectivity index (χ0n) is 15.9. The van der Waals surface area contributed by atoms with Gasteiger partial charge in [-0.25, -0.2) is 0 Å². The highest BCUT2D eigenvalue weighted by Gasteiger charge is 2.23. The average molecular weight is 382 g/mol. The maximum absolute atomic E-state index is 12.7. The number of esters is 1. The summed E-state index contributed by atoms with van der Waals surface area (Å²) in [5.74, 6) is -0.136. The largest absolute Gasteiger partial charge is 0.495 e. The number of amides is 2. The van der Waals surface area contributed by atoms with E-state index in [0.717, 1.165) is 12.8 Å². The number of rotatable bonds is 5. The van der Waals surface area contributed by atoms with Crippen molar-refractivity contribution >= 4 is 29.2 Å². The van der Waals surface area contributed by atoms with E-state index in [1.807, 2.05) is 0 Å². The van der Waals surface area contributed by atoms with Gasteiger partial charge in [0, 0.05) is 25.6 Å². The maximum Gasteiger partial charge on any atom is 0.308 e. The van der Waals surface area contributed by atoms with Gasteiger partial charge < -0.3 is 19.7 Å². The zero-order chi connectivity index (χ0) is 20.1. The van der Waals surface area contributed by atoms with Crippen LogP contribution in [0.5, 0.6) is 11.5 Å². The predicted molar refractivity (Wildman–Crippen MR) is 105 cm³/mol. The molecule has 3 rings (SSSR count). The average Bonchev–Trinajstić information content (AvgIpc) is 2.68. The molecule has 0 bridgehead atoms. The van der Waals surface area contributed by atoms with Crippen LogP contribution in [0.15, 0.2) is 42.5 Å². The normalized spacial score (nSPS) is 13.8. The lowest BCUT2D eigenvalue weighted by Crippen LogP contribution is -2.35. The van der Waals surface area contributed by atoms with Gasteiger partial charge in [0.2, 0.25) is 5.91 Å². The number of carbonyl (C=O) groups excluding carboxylic acids is 3. The second kappa shape index (κ2) is 8.56. The third-order valence-corrected chi connectivity index (χ3v) is 4.44. The van der Waals surface area contributed by atoms with Crippen molar-refractivity contribution in [3.8, 4) is 11.5 Å². The van der Waals surface area contributed by atoms with Crippen LogP contribution in [0.25, 0.3) is 0 Å². The van der Waals surface area contributed by atoms with Crippen LogP contribution >= 0.6 is 0 Å². The molecular weight excluding hydrogens is 360 g/mol. The van der Waals surface area contributed by atoms with E-state index in [1.165, 1.54) is 6.92 Å². The molecule has 1 heterocycles. The SMILES string of the molecule is COc1ccc(NC(=O)c2ccccc2OC(C)=O)cc1N1CCCCC1=O. The number of para-hydroxylation sites is 1. The Morgan fingerprint density at radius 3 is 2.57 bits per heavy atom. The van der Waals surface area contributed by atoms with Gasteiger partial charge >= 0.3 is 5.97 Å². The van der Waals surface area contributed by atoms with Gasteiger partial charge in [0.15, 0.2) is 0 Å². The van der Waals surface area contributed by atoms with Crippen molar-refractivity contribution in [3.63, 3.8) is 0 Å². The molecule has 2 aromatic rings. The number of methoxy groups -OCH3 is 1. The Morgan fingerprint density at radius 1 is 1.07 bits per heavy atom. The molecule has 1 aliphatic rings. The highest BCUT2D eigenvalue weighted by atomic mass is 16.5. The number of hydrogen-bond donors (Lipinski definition) is 1. The third kappa shape index (κ3) is 4.31. The van der Waals surface area contributed by atoms with Crippen LogP contribution in [0, 0.1) is 0 Å². The number of hydrogen-bond acceptors (Lipinski definition) is 5. The summed E-state index contributed by atoms with van der Waals surface area (Å²) in [6, 6.07) is 11.6. The van der Waals surface area contributed by atoms with Crippen molar-refractivity contribution in [3.05, 3.63) is 48.0 Å². The van der Waals surface area contributed by atoms with Gasteiger partial charge in [-0.2, -0.15) is 0 Å². The summed E-state index contributed by atoms with van der Waals surface area (Å²) in [6.07, 6.45) is 2.29. The Labute approximate surface area is 163 Å². The highest BCUT2D eigenvalue weighted by molar-refractivity contribution is 6.07. The molecule has 0 aliphatic carbocycles. The fourth-order valence-electron chi connectivity index (χ4n) is 3.14. The van der Waals surface area contributed by atoms with Gasteiger partial charge in [-0.3, -0.25) is 14.4 Å². The zero-order valence-corrected chi connectivity index (χ0v) is 15.9. The lowest BCUT2D eigenvalue weighted by molar-refractivity contribution is -0.131. The molecule has 1 saturated heterocycles. The number of nitrogens with one attached hydrogen (secondary N) is 1. The van der Waals surface area contributed by atoms with Gasteiger partial charge in [0.25, 0.3) is 5.91 Å². The molecular formula is C21H22N2O5. The van der Waals surface area contributed by atoms with Crippen LogP contribution < -0.4 is 19.7 Å². The Morgan fingerprint density at radius 2 is 1.86 bits per heavy atom. The minimum absolute atomic E-state index is 0.0354. The summed E-state index contributed by atoms with van der Waals surface area (Å²) in [4.78, 5) is 38.0. The lowest BCUT2D eigenvalue weighted by atomic mass is 10.1. The summed E-state index contributed by atoms with van der Waals surface area (Å²) in [5.41, 5.74) is 1.37. The summed E-state index contributed by atoms with van der Waals surface area (Å²) in [6.45, 7) is 1.89. The number of nitrogens with zero attached hydrogens (tertiary/aromatic N) is 1. The molecule has 7 nitrogen and oxygen atoms in total. The number of anilines is 2. The first-order valence-corrected chi connectivity index (χ1v) is 9.07. The van der Waals surface area contributed by atoms with E-state index >= 15 is 0 Å². The minimum Gasteiger partial charge on any atom is -0.495 e. The quantitative estimate of drug-likeness (QED) is 0.633. The molecule has 0 atom stereocenters. The van der Waals surface area contributed by atoms with E-state index in [0.29, 0.717) is 30.1 Å². The number of benzene rings is 2. The van der Waals surface area contributed by atoms with E-state index in [4.69, 9.17) is 9.47 Å². The monoisotopic (exact) mass is 382 g/mol. The van der Waals surface area contributed by atoms with Crippen LogP contribution in [0.2, 0.25) is 0 Å². The fourth-order valence-corrected chi connectivity index (χ4v) is 3.14. The summed E-state index contributed by atoms with van der Waals surface area (Å²) in [5, 5.41) is 2.79. The van der Waals surface area contributed by atoms with E-state index in [2.05, 4.69) is 5.32 Å². The standard InChI is InChI=1S/C21H22N2O5/c1-14(24)28-18-8-4-3-7-16(18)21(26)22-15-10-11-19(27-2)17(13-15)23-12-6-5-9-20(23)25/h3-4,7-8,10-11,13H,5-6,9,12H2,1-2H3,(H,22,26). The third-order valence-electron chi connectivity index (χ3n) is 4.44. The van der Waals surface area contributed by atoms with E-state index in [1.54, 1.807) is 54.5 Å². The Hall–Kier alpha value is -3.35. The molecule has 0 unspecified atom stereocenters. The molecule has 1 N–H and O–H groups in total. The van der Waals surface area contributed by atoms with Crippen LogP contribution in [0.4, 0.5) is 11.4 Å². The van der Waals surface area contributed by atoms with Crippen molar-refractivity contribution in [1.82, 2.24) is 0 Å². The summed E-state index contributed by atoms with van der Waals surface area (Å²) in [7, 11) is 1.54. The fraction of sp³-hybridized carbons (Fsp3) is 0.286. The second-order valence-corrected chi connectivity index (χ2v) is 6.43. The van der Waals surface area contributed by atoms with Crippen molar-refractivity contribution in [2.24, 2.45) is 0 Å². The predicted octanol–water partition coefficient (Wildman–Crippen LogP) is 3.39. The smallest absolute Gasteiger partial charge is 0.308 e. The van der Waals surface area contributed by atoms with Crippen molar-refractivity contribution in [2.45, 2.75) is 26.2 Å². The highest BCUT2D eigenvalue weighted by Crippen LogP contribution is 2.34. The first-order valence-electron chi connectivity index (χ1n) is 9.07. The summed E-state index contributed by atoms with van der Waals surface area (Å²) < 4.78 is 10.5. The molecule has 0 aromatic heterocycles. The van der Waals surface area contributed by atoms with Crippen LogP contribution in [-0.4, -0.2) is 31.4 Å². The Bertz CT molecular complexity index is 909. The molecule has 28 heavy (non-hydrogen) atoms. The first kappa shape index (κ1) is 19.4. The van der Waals surface area contributed by atoms with Gasteiger partial charge in [0.05, 0.1) is 18.4 Å². The minimum atomic E-state index is -0.504. The maximum atomic E-state index is 12.7. The molecule has 1 aliphatic heterocycles. The number of ether oxygens (including phenoxy) is 2. The topological polar surface area (TPSA) is 84.9 Å². The number of piperidine rings is 1. The first-order chi connectivity index (χ1) is 13.5. The Balaban J connectivity index is 1.87. The molecule has 2 aromatic carbocycles. The van der Waals surface area contributed by atoms with Crippen molar-refractivity contribution in [1.29, 1.82) is 0 Å². The van der Waals surface area contributed by atoms with Crippen molar-refractivity contribution in [2.75, 3.05) is 23.9 Å². The molecule has 146 valence electrons. The van der Waals surface area contributed by atoms with Crippen LogP contribution in [0.1, 0.15) is 36.5 Å². The molecule has 0 spiro atoms. The van der Waals surface area contributed by atoms with Gasteiger partial charge in [0.1, 0.15) is 11.5 Å². The molecule has 0 radical (unpaired) electrons.